The van der Waals surface area contributed by atoms with E-state index in [0.29, 0.717) is 0 Å². The number of hydrogen-bond acceptors (Lipinski definition) is 3. The number of halogens is 1. The van der Waals surface area contributed by atoms with Gasteiger partial charge < -0.3 is 5.32 Å². The Morgan fingerprint density at radius 3 is 2.94 bits per heavy atom. The summed E-state index contributed by atoms with van der Waals surface area (Å²) in [5.41, 5.74) is 1.07. The van der Waals surface area contributed by atoms with Crippen molar-refractivity contribution in [2.24, 2.45) is 0 Å². The molecule has 2 N–H and O–H groups in total. The van der Waals surface area contributed by atoms with Crippen LogP contribution in [0.2, 0.25) is 0 Å². The van der Waals surface area contributed by atoms with Gasteiger partial charge in [-0.1, -0.05) is 13.3 Å². The van der Waals surface area contributed by atoms with E-state index in [9.17, 15) is 0 Å². The number of anilines is 1. The number of unbranched alkanes of at least 4 members (excludes halogenated alkanes) is 1. The zero-order valence-electron chi connectivity index (χ0n) is 9.89. The summed E-state index contributed by atoms with van der Waals surface area (Å²) < 4.78 is 2.00. The van der Waals surface area contributed by atoms with Crippen LogP contribution in [0.1, 0.15) is 25.5 Å². The molecule has 0 bridgehead atoms. The molecular formula is C11H18ClN5. The van der Waals surface area contributed by atoms with Gasteiger partial charge in [-0.3, -0.25) is 5.10 Å². The van der Waals surface area contributed by atoms with Crippen molar-refractivity contribution in [1.82, 2.24) is 20.0 Å². The van der Waals surface area contributed by atoms with Crippen molar-refractivity contribution in [3.05, 3.63) is 30.2 Å². The Hall–Kier alpha value is -1.49. The number of aromatic amines is 1. The summed E-state index contributed by atoms with van der Waals surface area (Å²) in [6.07, 6.45) is 5.91. The Morgan fingerprint density at radius 1 is 1.35 bits per heavy atom. The number of aryl methyl sites for hydroxylation is 1. The third-order valence-corrected chi connectivity index (χ3v) is 2.46. The van der Waals surface area contributed by atoms with Crippen LogP contribution in [0.4, 0.5) is 5.82 Å². The minimum atomic E-state index is 0. The first kappa shape index (κ1) is 13.6. The predicted octanol–water partition coefficient (Wildman–Crippen LogP) is 2.44. The van der Waals surface area contributed by atoms with Crippen LogP contribution >= 0.6 is 12.4 Å². The maximum absolute atomic E-state index is 4.28. The SMILES string of the molecule is CCCCn1nccc1NCc1ccn[nH]1.Cl. The summed E-state index contributed by atoms with van der Waals surface area (Å²) in [6.45, 7) is 3.90. The van der Waals surface area contributed by atoms with Gasteiger partial charge in [-0.25, -0.2) is 4.68 Å². The van der Waals surface area contributed by atoms with E-state index >= 15 is 0 Å². The van der Waals surface area contributed by atoms with E-state index in [-0.39, 0.29) is 12.4 Å². The van der Waals surface area contributed by atoms with Crippen LogP contribution in [0.3, 0.4) is 0 Å². The van der Waals surface area contributed by atoms with Crippen LogP contribution in [0, 0.1) is 0 Å². The number of aromatic nitrogens is 4. The standard InChI is InChI=1S/C11H17N5.ClH/c1-2-3-8-16-11(5-7-14-16)12-9-10-4-6-13-15-10;/h4-7,12H,2-3,8-9H2,1H3,(H,13,15);1H. The molecule has 0 saturated heterocycles. The Balaban J connectivity index is 0.00000144. The van der Waals surface area contributed by atoms with Crippen LogP contribution in [-0.2, 0) is 13.1 Å². The minimum Gasteiger partial charge on any atom is -0.365 e. The summed E-state index contributed by atoms with van der Waals surface area (Å²) >= 11 is 0. The molecule has 5 nitrogen and oxygen atoms in total. The molecular weight excluding hydrogens is 238 g/mol. The molecule has 0 atom stereocenters. The number of H-pyrrole nitrogens is 1. The van der Waals surface area contributed by atoms with E-state index < -0.39 is 0 Å². The highest BCUT2D eigenvalue weighted by Crippen LogP contribution is 2.08. The van der Waals surface area contributed by atoms with Crippen LogP contribution < -0.4 is 5.32 Å². The van der Waals surface area contributed by atoms with Gasteiger partial charge in [-0.2, -0.15) is 10.2 Å². The van der Waals surface area contributed by atoms with Crippen LogP contribution in [0.25, 0.3) is 0 Å². The fourth-order valence-corrected chi connectivity index (χ4v) is 1.54. The van der Waals surface area contributed by atoms with Crippen molar-refractivity contribution < 1.29 is 0 Å². The summed E-state index contributed by atoms with van der Waals surface area (Å²) in [7, 11) is 0. The fourth-order valence-electron chi connectivity index (χ4n) is 1.54. The van der Waals surface area contributed by atoms with Gasteiger partial charge in [-0.15, -0.1) is 12.4 Å². The molecule has 0 radical (unpaired) electrons. The lowest BCUT2D eigenvalue weighted by Gasteiger charge is -2.08. The molecule has 2 aromatic heterocycles. The molecule has 0 spiro atoms. The van der Waals surface area contributed by atoms with E-state index in [1.165, 1.54) is 6.42 Å². The van der Waals surface area contributed by atoms with Gasteiger partial charge in [0.2, 0.25) is 0 Å². The molecule has 94 valence electrons. The quantitative estimate of drug-likeness (QED) is 0.834. The van der Waals surface area contributed by atoms with E-state index in [2.05, 4.69) is 27.5 Å². The molecule has 0 saturated carbocycles. The zero-order chi connectivity index (χ0) is 11.2. The summed E-state index contributed by atoms with van der Waals surface area (Å²) in [5, 5.41) is 14.4. The third-order valence-electron chi connectivity index (χ3n) is 2.46. The van der Waals surface area contributed by atoms with E-state index in [1.54, 1.807) is 6.20 Å². The first-order chi connectivity index (χ1) is 7.90. The molecule has 0 amide bonds. The fraction of sp³-hybridized carbons (Fsp3) is 0.455. The first-order valence-corrected chi connectivity index (χ1v) is 5.64. The van der Waals surface area contributed by atoms with Crippen LogP contribution in [0.5, 0.6) is 0 Å². The van der Waals surface area contributed by atoms with Gasteiger partial charge in [0.05, 0.1) is 18.4 Å². The normalized spacial score (nSPS) is 9.94. The lowest BCUT2D eigenvalue weighted by molar-refractivity contribution is 0.576. The average Bonchev–Trinajstić information content (AvgIpc) is 2.94. The molecule has 0 aliphatic rings. The minimum absolute atomic E-state index is 0. The maximum atomic E-state index is 4.28. The molecule has 6 heteroatoms. The molecule has 0 aliphatic heterocycles. The van der Waals surface area contributed by atoms with Gasteiger partial charge in [0.1, 0.15) is 5.82 Å². The lowest BCUT2D eigenvalue weighted by atomic mass is 10.3. The van der Waals surface area contributed by atoms with Crippen molar-refractivity contribution >= 4 is 18.2 Å². The molecule has 0 aromatic carbocycles. The highest BCUT2D eigenvalue weighted by atomic mass is 35.5. The average molecular weight is 256 g/mol. The number of hydrogen-bond donors (Lipinski definition) is 2. The number of rotatable bonds is 6. The topological polar surface area (TPSA) is 58.5 Å². The Labute approximate surface area is 107 Å². The molecule has 2 heterocycles. The number of nitrogens with one attached hydrogen (secondary N) is 2. The van der Waals surface area contributed by atoms with E-state index in [1.807, 2.05) is 23.0 Å². The molecule has 17 heavy (non-hydrogen) atoms. The Bertz CT molecular complexity index is 409. The van der Waals surface area contributed by atoms with Gasteiger partial charge in [0.25, 0.3) is 0 Å². The van der Waals surface area contributed by atoms with Crippen LogP contribution in [-0.4, -0.2) is 20.0 Å². The van der Waals surface area contributed by atoms with Crippen molar-refractivity contribution in [3.63, 3.8) is 0 Å². The second-order valence-electron chi connectivity index (χ2n) is 3.73. The van der Waals surface area contributed by atoms with Crippen molar-refractivity contribution in [2.45, 2.75) is 32.9 Å². The van der Waals surface area contributed by atoms with Gasteiger partial charge in [0.15, 0.2) is 0 Å². The first-order valence-electron chi connectivity index (χ1n) is 5.64. The predicted molar refractivity (Wildman–Crippen MR) is 70.3 cm³/mol. The van der Waals surface area contributed by atoms with Crippen molar-refractivity contribution in [2.75, 3.05) is 5.32 Å². The summed E-state index contributed by atoms with van der Waals surface area (Å²) in [4.78, 5) is 0. The molecule has 0 fully saturated rings. The highest BCUT2D eigenvalue weighted by molar-refractivity contribution is 5.85. The summed E-state index contributed by atoms with van der Waals surface area (Å²) in [6, 6.07) is 3.95. The highest BCUT2D eigenvalue weighted by Gasteiger charge is 2.01. The van der Waals surface area contributed by atoms with Gasteiger partial charge >= 0.3 is 0 Å². The second-order valence-corrected chi connectivity index (χ2v) is 3.73. The van der Waals surface area contributed by atoms with Crippen molar-refractivity contribution in [1.29, 1.82) is 0 Å². The molecule has 0 unspecified atom stereocenters. The smallest absolute Gasteiger partial charge is 0.124 e. The largest absolute Gasteiger partial charge is 0.365 e. The molecule has 0 aliphatic carbocycles. The molecule has 2 aromatic rings. The maximum Gasteiger partial charge on any atom is 0.124 e. The summed E-state index contributed by atoms with van der Waals surface area (Å²) in [5.74, 6) is 1.06. The van der Waals surface area contributed by atoms with Gasteiger partial charge in [-0.05, 0) is 12.5 Å². The van der Waals surface area contributed by atoms with E-state index in [4.69, 9.17) is 0 Å². The van der Waals surface area contributed by atoms with Crippen molar-refractivity contribution in [3.8, 4) is 0 Å². The Morgan fingerprint density at radius 2 is 2.24 bits per heavy atom. The Kier molecular flexibility index (Phi) is 5.56. The van der Waals surface area contributed by atoms with E-state index in [0.717, 1.165) is 31.0 Å². The lowest BCUT2D eigenvalue weighted by Crippen LogP contribution is -2.08. The number of nitrogens with zero attached hydrogens (tertiary/aromatic N) is 3. The van der Waals surface area contributed by atoms with Gasteiger partial charge in [0, 0.05) is 18.8 Å². The molecule has 2 rings (SSSR count). The second kappa shape index (κ2) is 6.96. The van der Waals surface area contributed by atoms with Crippen LogP contribution in [0.15, 0.2) is 24.5 Å². The third kappa shape index (κ3) is 3.78. The monoisotopic (exact) mass is 255 g/mol. The zero-order valence-corrected chi connectivity index (χ0v) is 10.7.